The van der Waals surface area contributed by atoms with Crippen LogP contribution in [0.1, 0.15) is 29.2 Å². The van der Waals surface area contributed by atoms with Crippen LogP contribution in [0.15, 0.2) is 35.2 Å². The predicted octanol–water partition coefficient (Wildman–Crippen LogP) is 3.02. The molecule has 0 aromatic heterocycles. The number of rotatable bonds is 4. The molecule has 144 valence electrons. The van der Waals surface area contributed by atoms with E-state index in [9.17, 15) is 13.2 Å². The third kappa shape index (κ3) is 3.93. The van der Waals surface area contributed by atoms with Crippen molar-refractivity contribution in [3.8, 4) is 5.75 Å². The molecule has 0 saturated carbocycles. The molecule has 1 amide bonds. The van der Waals surface area contributed by atoms with Gasteiger partial charge < -0.3 is 9.64 Å². The van der Waals surface area contributed by atoms with Crippen LogP contribution in [0.3, 0.4) is 0 Å². The van der Waals surface area contributed by atoms with Gasteiger partial charge in [-0.15, -0.1) is 0 Å². The average Bonchev–Trinajstić information content (AvgIpc) is 2.60. The lowest BCUT2D eigenvalue weighted by atomic mass is 9.99. The molecule has 3 rings (SSSR count). The van der Waals surface area contributed by atoms with Crippen LogP contribution < -0.4 is 9.46 Å². The van der Waals surface area contributed by atoms with Gasteiger partial charge in [0.25, 0.3) is 10.0 Å². The van der Waals surface area contributed by atoms with Crippen molar-refractivity contribution in [3.05, 3.63) is 52.6 Å². The number of nitrogens with one attached hydrogen (secondary N) is 1. The van der Waals surface area contributed by atoms with E-state index in [1.165, 1.54) is 0 Å². The van der Waals surface area contributed by atoms with Gasteiger partial charge in [0.2, 0.25) is 5.91 Å². The number of benzene rings is 2. The molecule has 0 fully saturated rings. The fraction of sp³-hybridized carbons (Fsp3) is 0.350. The monoisotopic (exact) mass is 388 g/mol. The molecule has 7 heteroatoms. The van der Waals surface area contributed by atoms with E-state index in [0.29, 0.717) is 24.5 Å². The number of anilines is 1. The van der Waals surface area contributed by atoms with Gasteiger partial charge in [-0.3, -0.25) is 9.52 Å². The summed E-state index contributed by atoms with van der Waals surface area (Å²) in [4.78, 5) is 13.6. The molecule has 2 aromatic carbocycles. The Balaban J connectivity index is 1.89. The van der Waals surface area contributed by atoms with E-state index in [2.05, 4.69) is 4.72 Å². The Labute approximate surface area is 160 Å². The van der Waals surface area contributed by atoms with Gasteiger partial charge in [-0.2, -0.15) is 0 Å². The smallest absolute Gasteiger partial charge is 0.261 e. The van der Waals surface area contributed by atoms with Crippen LogP contribution in [-0.4, -0.2) is 32.9 Å². The number of amides is 1. The molecule has 27 heavy (non-hydrogen) atoms. The number of carbonyl (C=O) groups excluding carboxylic acids is 1. The first kappa shape index (κ1) is 19.2. The van der Waals surface area contributed by atoms with Gasteiger partial charge in [-0.05, 0) is 66.8 Å². The first-order valence-electron chi connectivity index (χ1n) is 8.76. The maximum atomic E-state index is 12.8. The molecule has 6 nitrogen and oxygen atoms in total. The molecule has 1 heterocycles. The second kappa shape index (κ2) is 7.23. The zero-order valence-electron chi connectivity index (χ0n) is 16.0. The quantitative estimate of drug-likeness (QED) is 0.874. The first-order valence-corrected chi connectivity index (χ1v) is 10.2. The number of nitrogens with zero attached hydrogens (tertiary/aromatic N) is 1. The molecule has 0 unspecified atom stereocenters. The largest absolute Gasteiger partial charge is 0.496 e. The summed E-state index contributed by atoms with van der Waals surface area (Å²) in [5.41, 5.74) is 4.14. The topological polar surface area (TPSA) is 75.7 Å². The summed E-state index contributed by atoms with van der Waals surface area (Å²) in [6.07, 6.45) is 0.777. The minimum atomic E-state index is -3.73. The van der Waals surface area contributed by atoms with E-state index in [1.54, 1.807) is 37.1 Å². The highest BCUT2D eigenvalue weighted by Gasteiger charge is 2.21. The van der Waals surface area contributed by atoms with Crippen molar-refractivity contribution >= 4 is 21.6 Å². The van der Waals surface area contributed by atoms with Gasteiger partial charge in [0.05, 0.1) is 12.0 Å². The average molecular weight is 388 g/mol. The van der Waals surface area contributed by atoms with E-state index in [0.717, 1.165) is 28.7 Å². The number of ether oxygens (including phenoxy) is 1. The van der Waals surface area contributed by atoms with Crippen molar-refractivity contribution < 1.29 is 17.9 Å². The van der Waals surface area contributed by atoms with Crippen molar-refractivity contribution in [2.45, 2.75) is 38.6 Å². The summed E-state index contributed by atoms with van der Waals surface area (Å²) in [5.74, 6) is 0.711. The molecule has 1 aliphatic heterocycles. The lowest BCUT2D eigenvalue weighted by Gasteiger charge is -2.28. The molecule has 0 saturated heterocycles. The van der Waals surface area contributed by atoms with Gasteiger partial charge in [0, 0.05) is 25.7 Å². The molecular formula is C20H24N2O4S. The highest BCUT2D eigenvalue weighted by molar-refractivity contribution is 7.92. The zero-order chi connectivity index (χ0) is 19.8. The Morgan fingerprint density at radius 3 is 2.37 bits per heavy atom. The van der Waals surface area contributed by atoms with Gasteiger partial charge in [0.1, 0.15) is 5.75 Å². The molecule has 0 spiro atoms. The van der Waals surface area contributed by atoms with E-state index >= 15 is 0 Å². The Morgan fingerprint density at radius 2 is 1.78 bits per heavy atom. The van der Waals surface area contributed by atoms with Crippen LogP contribution in [0.25, 0.3) is 0 Å². The van der Waals surface area contributed by atoms with E-state index in [-0.39, 0.29) is 10.8 Å². The molecule has 1 aliphatic rings. The van der Waals surface area contributed by atoms with Crippen molar-refractivity contribution in [1.82, 2.24) is 4.90 Å². The van der Waals surface area contributed by atoms with Gasteiger partial charge in [-0.1, -0.05) is 6.07 Å². The fourth-order valence-electron chi connectivity index (χ4n) is 3.49. The van der Waals surface area contributed by atoms with Crippen LogP contribution in [0.2, 0.25) is 0 Å². The number of fused-ring (bicyclic) bond motifs is 1. The summed E-state index contributed by atoms with van der Waals surface area (Å²) in [6.45, 7) is 6.38. The van der Waals surface area contributed by atoms with Crippen LogP contribution >= 0.6 is 0 Å². The minimum Gasteiger partial charge on any atom is -0.496 e. The molecule has 0 aliphatic carbocycles. The standard InChI is InChI=1S/C20H24N2O4S/c1-13-9-19(10-14(2)20(13)26-4)27(24,25)21-18-6-5-16-7-8-22(15(3)23)12-17(16)11-18/h5-6,9-11,21H,7-8,12H2,1-4H3. The number of carbonyl (C=O) groups is 1. The Bertz CT molecular complexity index is 976. The normalized spacial score (nSPS) is 13.9. The molecule has 0 radical (unpaired) electrons. The molecule has 2 aromatic rings. The molecule has 0 atom stereocenters. The van der Waals surface area contributed by atoms with Crippen LogP contribution in [0.5, 0.6) is 5.75 Å². The summed E-state index contributed by atoms with van der Waals surface area (Å²) in [5, 5.41) is 0. The maximum Gasteiger partial charge on any atom is 0.261 e. The van der Waals surface area contributed by atoms with Crippen LogP contribution in [-0.2, 0) is 27.8 Å². The molecule has 1 N–H and O–H groups in total. The summed E-state index contributed by atoms with van der Waals surface area (Å²) < 4.78 is 33.6. The Kier molecular flexibility index (Phi) is 5.15. The highest BCUT2D eigenvalue weighted by Crippen LogP contribution is 2.28. The van der Waals surface area contributed by atoms with Crippen molar-refractivity contribution in [3.63, 3.8) is 0 Å². The maximum absolute atomic E-state index is 12.8. The third-order valence-corrected chi connectivity index (χ3v) is 6.23. The number of methoxy groups -OCH3 is 1. The summed E-state index contributed by atoms with van der Waals surface area (Å²) in [7, 11) is -2.16. The lowest BCUT2D eigenvalue weighted by Crippen LogP contribution is -2.34. The number of hydrogen-bond donors (Lipinski definition) is 1. The minimum absolute atomic E-state index is 0.0239. The molecule has 0 bridgehead atoms. The lowest BCUT2D eigenvalue weighted by molar-refractivity contribution is -0.129. The fourth-order valence-corrected chi connectivity index (χ4v) is 4.71. The number of aryl methyl sites for hydroxylation is 2. The number of hydrogen-bond acceptors (Lipinski definition) is 4. The highest BCUT2D eigenvalue weighted by atomic mass is 32.2. The van der Waals surface area contributed by atoms with E-state index < -0.39 is 10.0 Å². The van der Waals surface area contributed by atoms with Crippen molar-refractivity contribution in [1.29, 1.82) is 0 Å². The van der Waals surface area contributed by atoms with Crippen molar-refractivity contribution in [2.75, 3.05) is 18.4 Å². The molecular weight excluding hydrogens is 364 g/mol. The Morgan fingerprint density at radius 1 is 1.11 bits per heavy atom. The second-order valence-corrected chi connectivity index (χ2v) is 8.55. The zero-order valence-corrected chi connectivity index (χ0v) is 16.8. The third-order valence-electron chi connectivity index (χ3n) is 4.86. The van der Waals surface area contributed by atoms with Crippen LogP contribution in [0, 0.1) is 13.8 Å². The van der Waals surface area contributed by atoms with Gasteiger partial charge >= 0.3 is 0 Å². The number of sulfonamides is 1. The Hall–Kier alpha value is -2.54. The van der Waals surface area contributed by atoms with Gasteiger partial charge in [0.15, 0.2) is 0 Å². The second-order valence-electron chi connectivity index (χ2n) is 6.87. The van der Waals surface area contributed by atoms with E-state index in [4.69, 9.17) is 4.74 Å². The first-order chi connectivity index (χ1) is 12.7. The summed E-state index contributed by atoms with van der Waals surface area (Å²) in [6, 6.07) is 8.71. The predicted molar refractivity (Wildman–Crippen MR) is 105 cm³/mol. The van der Waals surface area contributed by atoms with Crippen LogP contribution in [0.4, 0.5) is 5.69 Å². The summed E-state index contributed by atoms with van der Waals surface area (Å²) >= 11 is 0. The van der Waals surface area contributed by atoms with E-state index in [1.807, 2.05) is 26.0 Å². The van der Waals surface area contributed by atoms with Gasteiger partial charge in [-0.25, -0.2) is 8.42 Å². The van der Waals surface area contributed by atoms with Crippen molar-refractivity contribution in [2.24, 2.45) is 0 Å². The SMILES string of the molecule is COc1c(C)cc(S(=O)(=O)Nc2ccc3c(c2)CN(C(C)=O)CC3)cc1C.